The van der Waals surface area contributed by atoms with Gasteiger partial charge in [-0.3, -0.25) is 4.79 Å². The Morgan fingerprint density at radius 2 is 2.07 bits per heavy atom. The molecule has 0 saturated carbocycles. The number of hydrogen-bond donors (Lipinski definition) is 0. The third-order valence-electron chi connectivity index (χ3n) is 1.87. The van der Waals surface area contributed by atoms with Gasteiger partial charge in [-0.05, 0) is 31.0 Å². The molecular formula is C11H12BrClO2. The third kappa shape index (κ3) is 4.22. The molecular weight excluding hydrogens is 279 g/mol. The number of rotatable bonds is 4. The van der Waals surface area contributed by atoms with Gasteiger partial charge in [-0.1, -0.05) is 28.1 Å². The Kier molecular flexibility index (Phi) is 5.12. The van der Waals surface area contributed by atoms with E-state index >= 15 is 0 Å². The molecule has 1 rings (SSSR count). The van der Waals surface area contributed by atoms with Crippen LogP contribution in [0.1, 0.15) is 12.5 Å². The zero-order valence-electron chi connectivity index (χ0n) is 8.37. The molecule has 1 aromatic carbocycles. The highest BCUT2D eigenvalue weighted by Crippen LogP contribution is 2.14. The van der Waals surface area contributed by atoms with Gasteiger partial charge < -0.3 is 4.74 Å². The molecule has 0 radical (unpaired) electrons. The summed E-state index contributed by atoms with van der Waals surface area (Å²) >= 11 is 9.24. The molecule has 0 spiro atoms. The van der Waals surface area contributed by atoms with E-state index in [2.05, 4.69) is 15.9 Å². The minimum Gasteiger partial charge on any atom is -0.465 e. The lowest BCUT2D eigenvalue weighted by Crippen LogP contribution is -2.20. The molecule has 0 aliphatic heterocycles. The standard InChI is InChI=1S/C11H12BrClO2/c1-2-15-11(14)10(13)7-8-3-5-9(12)6-4-8/h3-6,10H,2,7H2,1H3/t10-/m1/s1. The van der Waals surface area contributed by atoms with E-state index in [1.807, 2.05) is 24.3 Å². The Bertz CT molecular complexity index is 324. The van der Waals surface area contributed by atoms with Crippen LogP contribution in [0, 0.1) is 0 Å². The Labute approximate surface area is 103 Å². The highest BCUT2D eigenvalue weighted by molar-refractivity contribution is 9.10. The van der Waals surface area contributed by atoms with Gasteiger partial charge in [-0.2, -0.15) is 0 Å². The molecule has 0 saturated heterocycles. The van der Waals surface area contributed by atoms with Gasteiger partial charge in [0, 0.05) is 4.47 Å². The number of hydrogen-bond acceptors (Lipinski definition) is 2. The molecule has 4 heteroatoms. The summed E-state index contributed by atoms with van der Waals surface area (Å²) in [5.74, 6) is -0.359. The van der Waals surface area contributed by atoms with E-state index in [0.717, 1.165) is 10.0 Å². The van der Waals surface area contributed by atoms with Crippen LogP contribution < -0.4 is 0 Å². The number of ether oxygens (including phenoxy) is 1. The topological polar surface area (TPSA) is 26.3 Å². The van der Waals surface area contributed by atoms with Crippen molar-refractivity contribution in [1.82, 2.24) is 0 Å². The first-order chi connectivity index (χ1) is 7.13. The highest BCUT2D eigenvalue weighted by Gasteiger charge is 2.16. The van der Waals surface area contributed by atoms with Crippen LogP contribution in [0.5, 0.6) is 0 Å². The van der Waals surface area contributed by atoms with Gasteiger partial charge in [0.05, 0.1) is 6.61 Å². The second-order valence-corrected chi connectivity index (χ2v) is 4.49. The van der Waals surface area contributed by atoms with Crippen LogP contribution in [0.2, 0.25) is 0 Å². The number of carbonyl (C=O) groups is 1. The number of alkyl halides is 1. The maximum absolute atomic E-state index is 11.3. The van der Waals surface area contributed by atoms with Crippen LogP contribution in [0.25, 0.3) is 0 Å². The average Bonchev–Trinajstić information content (AvgIpc) is 2.22. The summed E-state index contributed by atoms with van der Waals surface area (Å²) in [6.07, 6.45) is 0.494. The van der Waals surface area contributed by atoms with Gasteiger partial charge in [0.1, 0.15) is 5.38 Å². The van der Waals surface area contributed by atoms with Crippen molar-refractivity contribution in [2.45, 2.75) is 18.7 Å². The van der Waals surface area contributed by atoms with E-state index in [1.165, 1.54) is 0 Å². The summed E-state index contributed by atoms with van der Waals surface area (Å²) in [6.45, 7) is 2.13. The van der Waals surface area contributed by atoms with Crippen LogP contribution in [0.3, 0.4) is 0 Å². The van der Waals surface area contributed by atoms with E-state index < -0.39 is 5.38 Å². The molecule has 82 valence electrons. The van der Waals surface area contributed by atoms with E-state index in [1.54, 1.807) is 6.92 Å². The fourth-order valence-electron chi connectivity index (χ4n) is 1.14. The largest absolute Gasteiger partial charge is 0.465 e. The molecule has 0 bridgehead atoms. The van der Waals surface area contributed by atoms with Crippen LogP contribution in [0.15, 0.2) is 28.7 Å². The fourth-order valence-corrected chi connectivity index (χ4v) is 1.65. The summed E-state index contributed by atoms with van der Waals surface area (Å²) in [5.41, 5.74) is 1.02. The summed E-state index contributed by atoms with van der Waals surface area (Å²) in [6, 6.07) is 7.70. The van der Waals surface area contributed by atoms with Crippen molar-refractivity contribution in [2.24, 2.45) is 0 Å². The molecule has 15 heavy (non-hydrogen) atoms. The van der Waals surface area contributed by atoms with Crippen LogP contribution in [-0.2, 0) is 16.0 Å². The van der Waals surface area contributed by atoms with Gasteiger partial charge in [0.2, 0.25) is 0 Å². The maximum atomic E-state index is 11.3. The predicted octanol–water partition coefficient (Wildman–Crippen LogP) is 3.16. The quantitative estimate of drug-likeness (QED) is 0.629. The van der Waals surface area contributed by atoms with Crippen molar-refractivity contribution in [2.75, 3.05) is 6.61 Å². The molecule has 0 aliphatic rings. The minimum atomic E-state index is -0.605. The monoisotopic (exact) mass is 290 g/mol. The molecule has 0 heterocycles. The molecule has 0 unspecified atom stereocenters. The Morgan fingerprint density at radius 1 is 1.47 bits per heavy atom. The summed E-state index contributed by atoms with van der Waals surface area (Å²) in [5, 5.41) is -0.605. The second kappa shape index (κ2) is 6.13. The van der Waals surface area contributed by atoms with E-state index in [0.29, 0.717) is 13.0 Å². The number of carbonyl (C=O) groups excluding carboxylic acids is 1. The van der Waals surface area contributed by atoms with Gasteiger partial charge in [-0.25, -0.2) is 0 Å². The highest BCUT2D eigenvalue weighted by atomic mass is 79.9. The van der Waals surface area contributed by atoms with Gasteiger partial charge in [0.15, 0.2) is 0 Å². The molecule has 2 nitrogen and oxygen atoms in total. The first-order valence-corrected chi connectivity index (χ1v) is 5.91. The zero-order valence-corrected chi connectivity index (χ0v) is 10.7. The van der Waals surface area contributed by atoms with Crippen molar-refractivity contribution in [3.63, 3.8) is 0 Å². The lowest BCUT2D eigenvalue weighted by atomic mass is 10.1. The molecule has 0 N–H and O–H groups in total. The number of esters is 1. The van der Waals surface area contributed by atoms with Gasteiger partial charge >= 0.3 is 5.97 Å². The zero-order chi connectivity index (χ0) is 11.3. The second-order valence-electron chi connectivity index (χ2n) is 3.05. The molecule has 0 fully saturated rings. The van der Waals surface area contributed by atoms with Crippen molar-refractivity contribution in [3.05, 3.63) is 34.3 Å². The summed E-state index contributed by atoms with van der Waals surface area (Å²) in [4.78, 5) is 11.3. The minimum absolute atomic E-state index is 0.359. The lowest BCUT2D eigenvalue weighted by Gasteiger charge is -2.08. The van der Waals surface area contributed by atoms with Gasteiger partial charge in [0.25, 0.3) is 0 Å². The lowest BCUT2D eigenvalue weighted by molar-refractivity contribution is -0.142. The Hall–Kier alpha value is -0.540. The maximum Gasteiger partial charge on any atom is 0.324 e. The normalized spacial score (nSPS) is 12.2. The Balaban J connectivity index is 2.54. The summed E-state index contributed by atoms with van der Waals surface area (Å²) < 4.78 is 5.83. The average molecular weight is 292 g/mol. The SMILES string of the molecule is CCOC(=O)[C@H](Cl)Cc1ccc(Br)cc1. The van der Waals surface area contributed by atoms with E-state index in [9.17, 15) is 4.79 Å². The van der Waals surface area contributed by atoms with E-state index in [4.69, 9.17) is 16.3 Å². The molecule has 1 aromatic rings. The third-order valence-corrected chi connectivity index (χ3v) is 2.73. The first kappa shape index (κ1) is 12.5. The summed E-state index contributed by atoms with van der Waals surface area (Å²) in [7, 11) is 0. The predicted molar refractivity (Wildman–Crippen MR) is 64.1 cm³/mol. The molecule has 0 aliphatic carbocycles. The van der Waals surface area contributed by atoms with Gasteiger partial charge in [-0.15, -0.1) is 11.6 Å². The van der Waals surface area contributed by atoms with Crippen molar-refractivity contribution in [3.8, 4) is 0 Å². The first-order valence-electron chi connectivity index (χ1n) is 4.68. The fraction of sp³-hybridized carbons (Fsp3) is 0.364. The number of benzene rings is 1. The van der Waals surface area contributed by atoms with E-state index in [-0.39, 0.29) is 5.97 Å². The van der Waals surface area contributed by atoms with Crippen LogP contribution >= 0.6 is 27.5 Å². The van der Waals surface area contributed by atoms with Crippen molar-refractivity contribution >= 4 is 33.5 Å². The Morgan fingerprint density at radius 3 is 2.60 bits per heavy atom. The van der Waals surface area contributed by atoms with Crippen LogP contribution in [0.4, 0.5) is 0 Å². The molecule has 1 atom stereocenters. The van der Waals surface area contributed by atoms with Crippen molar-refractivity contribution < 1.29 is 9.53 Å². The molecule has 0 aromatic heterocycles. The van der Waals surface area contributed by atoms with Crippen molar-refractivity contribution in [1.29, 1.82) is 0 Å². The van der Waals surface area contributed by atoms with Crippen LogP contribution in [-0.4, -0.2) is 18.0 Å². The molecule has 0 amide bonds. The number of halogens is 2. The smallest absolute Gasteiger partial charge is 0.324 e.